The highest BCUT2D eigenvalue weighted by Crippen LogP contribution is 2.31. The Morgan fingerprint density at radius 1 is 1.36 bits per heavy atom. The maximum absolute atomic E-state index is 13.0. The Balaban J connectivity index is 0.00000196. The van der Waals surface area contributed by atoms with Crippen LogP contribution in [0.5, 0.6) is 0 Å². The lowest BCUT2D eigenvalue weighted by molar-refractivity contribution is -0.126. The zero-order valence-electron chi connectivity index (χ0n) is 15.9. The number of nitrogens with two attached hydrogens (primary N) is 1. The molecule has 2 aromatic rings. The van der Waals surface area contributed by atoms with Crippen molar-refractivity contribution in [2.24, 2.45) is 11.7 Å². The fourth-order valence-electron chi connectivity index (χ4n) is 3.11. The highest BCUT2D eigenvalue weighted by molar-refractivity contribution is 7.17. The molecule has 1 atom stereocenters. The predicted octanol–water partition coefficient (Wildman–Crippen LogP) is 2.79. The van der Waals surface area contributed by atoms with Crippen LogP contribution < -0.4 is 11.1 Å². The molecule has 2 aromatic heterocycles. The average Bonchev–Trinajstić information content (AvgIpc) is 3.24. The second-order valence-corrected chi connectivity index (χ2v) is 7.51. The number of carbonyl (C=O) groups excluding carboxylic acids is 2. The Morgan fingerprint density at radius 3 is 2.75 bits per heavy atom. The molecule has 1 fully saturated rings. The normalized spacial score (nSPS) is 16.1. The van der Waals surface area contributed by atoms with Gasteiger partial charge in [0.25, 0.3) is 5.91 Å². The number of nitrogens with one attached hydrogen (secondary N) is 1. The Morgan fingerprint density at radius 2 is 2.11 bits per heavy atom. The number of likely N-dealkylation sites (tertiary alicyclic amines) is 1. The molecule has 0 radical (unpaired) electrons. The molecule has 2 amide bonds. The molecule has 0 saturated carbocycles. The van der Waals surface area contributed by atoms with Crippen LogP contribution in [0.2, 0.25) is 0 Å². The zero-order chi connectivity index (χ0) is 18.7. The molecule has 1 saturated heterocycles. The molecule has 28 heavy (non-hydrogen) atoms. The quantitative estimate of drug-likeness (QED) is 0.731. The first-order valence-electron chi connectivity index (χ1n) is 8.81. The van der Waals surface area contributed by atoms with E-state index in [0.717, 1.165) is 18.6 Å². The molecule has 3 N–H and O–H groups in total. The van der Waals surface area contributed by atoms with Gasteiger partial charge < -0.3 is 20.4 Å². The minimum atomic E-state index is -0.181. The largest absolute Gasteiger partial charge is 0.459 e. The van der Waals surface area contributed by atoms with E-state index in [-0.39, 0.29) is 42.5 Å². The van der Waals surface area contributed by atoms with Crippen molar-refractivity contribution in [2.45, 2.75) is 26.7 Å². The number of piperidine rings is 1. The van der Waals surface area contributed by atoms with Gasteiger partial charge in [0.2, 0.25) is 5.91 Å². The molecule has 1 unspecified atom stereocenters. The van der Waals surface area contributed by atoms with E-state index in [1.54, 1.807) is 4.90 Å². The van der Waals surface area contributed by atoms with Crippen LogP contribution in [0.15, 0.2) is 16.5 Å². The third kappa shape index (κ3) is 5.47. The lowest BCUT2D eigenvalue weighted by Gasteiger charge is -2.31. The van der Waals surface area contributed by atoms with Crippen LogP contribution in [0, 0.1) is 19.8 Å². The van der Waals surface area contributed by atoms with Gasteiger partial charge in [0, 0.05) is 26.2 Å². The SMILES string of the molecule is Cc1ccc(-c2nc(C)c(C(=O)N3CCCC(C(=O)NCCN)C3)s2)o1.Cl.Cl. The lowest BCUT2D eigenvalue weighted by Crippen LogP contribution is -2.46. The van der Waals surface area contributed by atoms with E-state index in [2.05, 4.69) is 10.3 Å². The molecule has 0 aliphatic carbocycles. The van der Waals surface area contributed by atoms with Crippen molar-refractivity contribution < 1.29 is 14.0 Å². The molecule has 0 spiro atoms. The number of halogens is 2. The summed E-state index contributed by atoms with van der Waals surface area (Å²) >= 11 is 1.34. The van der Waals surface area contributed by atoms with Gasteiger partial charge in [-0.15, -0.1) is 36.2 Å². The lowest BCUT2D eigenvalue weighted by atomic mass is 9.97. The number of aromatic nitrogens is 1. The van der Waals surface area contributed by atoms with E-state index in [9.17, 15) is 9.59 Å². The molecule has 1 aliphatic heterocycles. The average molecular weight is 449 g/mol. The summed E-state index contributed by atoms with van der Waals surface area (Å²) in [4.78, 5) is 32.0. The van der Waals surface area contributed by atoms with E-state index in [1.165, 1.54) is 11.3 Å². The summed E-state index contributed by atoms with van der Waals surface area (Å²) in [5.41, 5.74) is 6.13. The minimum Gasteiger partial charge on any atom is -0.459 e. The highest BCUT2D eigenvalue weighted by Gasteiger charge is 2.30. The van der Waals surface area contributed by atoms with Crippen LogP contribution in [0.3, 0.4) is 0 Å². The summed E-state index contributed by atoms with van der Waals surface area (Å²) in [6.07, 6.45) is 1.60. The number of carbonyl (C=O) groups is 2. The Bertz CT molecular complexity index is 809. The van der Waals surface area contributed by atoms with Gasteiger partial charge in [0.1, 0.15) is 10.6 Å². The molecule has 7 nitrogen and oxygen atoms in total. The Hall–Kier alpha value is -1.61. The first-order chi connectivity index (χ1) is 12.5. The molecular formula is C18H26Cl2N4O3S. The summed E-state index contributed by atoms with van der Waals surface area (Å²) in [5, 5.41) is 3.52. The second kappa shape index (κ2) is 10.8. The molecular weight excluding hydrogens is 423 g/mol. The van der Waals surface area contributed by atoms with Gasteiger partial charge in [0.15, 0.2) is 10.8 Å². The fourth-order valence-corrected chi connectivity index (χ4v) is 4.10. The van der Waals surface area contributed by atoms with E-state index >= 15 is 0 Å². The van der Waals surface area contributed by atoms with E-state index in [1.807, 2.05) is 26.0 Å². The maximum atomic E-state index is 13.0. The molecule has 0 aromatic carbocycles. The monoisotopic (exact) mass is 448 g/mol. The summed E-state index contributed by atoms with van der Waals surface area (Å²) in [7, 11) is 0. The van der Waals surface area contributed by atoms with Crippen molar-refractivity contribution in [1.29, 1.82) is 0 Å². The van der Waals surface area contributed by atoms with Gasteiger partial charge >= 0.3 is 0 Å². The summed E-state index contributed by atoms with van der Waals surface area (Å²) in [6, 6.07) is 3.74. The van der Waals surface area contributed by atoms with Crippen LogP contribution >= 0.6 is 36.2 Å². The summed E-state index contributed by atoms with van der Waals surface area (Å²) in [5.74, 6) is 1.21. The molecule has 0 bridgehead atoms. The van der Waals surface area contributed by atoms with Gasteiger partial charge in [-0.1, -0.05) is 0 Å². The standard InChI is InChI=1S/C18H24N4O3S.2ClH/c1-11-5-6-14(25-11)17-21-12(2)15(26-17)18(24)22-9-3-4-13(10-22)16(23)20-8-7-19;;/h5-6,13H,3-4,7-10,19H2,1-2H3,(H,20,23);2*1H. The van der Waals surface area contributed by atoms with E-state index in [4.69, 9.17) is 10.2 Å². The first-order valence-corrected chi connectivity index (χ1v) is 9.62. The number of hydrogen-bond acceptors (Lipinski definition) is 6. The topological polar surface area (TPSA) is 101 Å². The van der Waals surface area contributed by atoms with E-state index in [0.29, 0.717) is 47.5 Å². The van der Waals surface area contributed by atoms with Crippen LogP contribution in [-0.4, -0.2) is 47.9 Å². The number of thiazole rings is 1. The van der Waals surface area contributed by atoms with Crippen molar-refractivity contribution >= 4 is 48.0 Å². The molecule has 3 rings (SSSR count). The number of furan rings is 1. The third-order valence-electron chi connectivity index (χ3n) is 4.46. The van der Waals surface area contributed by atoms with Gasteiger partial charge in [-0.2, -0.15) is 0 Å². The van der Waals surface area contributed by atoms with E-state index < -0.39 is 0 Å². The molecule has 10 heteroatoms. The fraction of sp³-hybridized carbons (Fsp3) is 0.500. The third-order valence-corrected chi connectivity index (χ3v) is 5.62. The second-order valence-electron chi connectivity index (χ2n) is 6.51. The van der Waals surface area contributed by atoms with Crippen molar-refractivity contribution in [1.82, 2.24) is 15.2 Å². The minimum absolute atomic E-state index is 0. The number of amides is 2. The predicted molar refractivity (Wildman–Crippen MR) is 114 cm³/mol. The van der Waals surface area contributed by atoms with Crippen LogP contribution in [-0.2, 0) is 4.79 Å². The molecule has 1 aliphatic rings. The zero-order valence-corrected chi connectivity index (χ0v) is 18.3. The van der Waals surface area contributed by atoms with Crippen LogP contribution in [0.1, 0.15) is 34.0 Å². The number of nitrogens with zero attached hydrogens (tertiary/aromatic N) is 2. The van der Waals surface area contributed by atoms with Crippen molar-refractivity contribution in [2.75, 3.05) is 26.2 Å². The first kappa shape index (κ1) is 24.4. The molecule has 3 heterocycles. The Labute approximate surface area is 180 Å². The molecule has 156 valence electrons. The van der Waals surface area contributed by atoms with Crippen molar-refractivity contribution in [3.63, 3.8) is 0 Å². The van der Waals surface area contributed by atoms with Gasteiger partial charge in [-0.3, -0.25) is 9.59 Å². The van der Waals surface area contributed by atoms with Crippen LogP contribution in [0.4, 0.5) is 0 Å². The summed E-state index contributed by atoms with van der Waals surface area (Å²) < 4.78 is 5.61. The number of hydrogen-bond donors (Lipinski definition) is 2. The Kier molecular flexibility index (Phi) is 9.43. The van der Waals surface area contributed by atoms with Gasteiger partial charge in [-0.25, -0.2) is 4.98 Å². The number of aryl methyl sites for hydroxylation is 2. The van der Waals surface area contributed by atoms with Crippen molar-refractivity contribution in [3.05, 3.63) is 28.5 Å². The summed E-state index contributed by atoms with van der Waals surface area (Å²) in [6.45, 7) is 5.67. The highest BCUT2D eigenvalue weighted by atomic mass is 35.5. The van der Waals surface area contributed by atoms with Gasteiger partial charge in [-0.05, 0) is 38.8 Å². The van der Waals surface area contributed by atoms with Crippen molar-refractivity contribution in [3.8, 4) is 10.8 Å². The van der Waals surface area contributed by atoms with Crippen LogP contribution in [0.25, 0.3) is 10.8 Å². The maximum Gasteiger partial charge on any atom is 0.265 e. The van der Waals surface area contributed by atoms with Gasteiger partial charge in [0.05, 0.1) is 11.6 Å². The number of rotatable bonds is 5. The smallest absolute Gasteiger partial charge is 0.265 e.